The topological polar surface area (TPSA) is 83.7 Å². The summed E-state index contributed by atoms with van der Waals surface area (Å²) in [5.41, 5.74) is 4.11. The first-order valence-electron chi connectivity index (χ1n) is 9.42. The van der Waals surface area contributed by atoms with Crippen molar-refractivity contribution >= 4 is 21.6 Å². The molecule has 150 valence electrons. The Bertz CT molecular complexity index is 1000. The molecule has 1 amide bonds. The highest BCUT2D eigenvalue weighted by molar-refractivity contribution is 7.89. The van der Waals surface area contributed by atoms with E-state index in [1.807, 2.05) is 12.1 Å². The number of sulfonamides is 1. The van der Waals surface area contributed by atoms with E-state index in [1.54, 1.807) is 24.8 Å². The minimum atomic E-state index is -3.88. The lowest BCUT2D eigenvalue weighted by atomic mass is 10.1. The van der Waals surface area contributed by atoms with Gasteiger partial charge in [-0.2, -0.15) is 0 Å². The van der Waals surface area contributed by atoms with Crippen LogP contribution in [0.3, 0.4) is 0 Å². The fraction of sp³-hybridized carbons (Fsp3) is 0.381. The molecule has 6 nitrogen and oxygen atoms in total. The summed E-state index contributed by atoms with van der Waals surface area (Å²) in [5, 5.41) is 5.34. The van der Waals surface area contributed by atoms with Crippen molar-refractivity contribution in [2.45, 2.75) is 32.1 Å². The summed E-state index contributed by atoms with van der Waals surface area (Å²) in [6.45, 7) is 8.43. The maximum absolute atomic E-state index is 13.1. The predicted octanol–water partition coefficient (Wildman–Crippen LogP) is 2.61. The molecule has 1 heterocycles. The van der Waals surface area contributed by atoms with Gasteiger partial charge in [0.1, 0.15) is 0 Å². The number of para-hydroxylation sites is 1. The zero-order valence-electron chi connectivity index (χ0n) is 16.6. The Hall–Kier alpha value is -2.38. The van der Waals surface area contributed by atoms with Gasteiger partial charge in [-0.15, -0.1) is 0 Å². The first kappa shape index (κ1) is 20.4. The number of hydrogen-bond donors (Lipinski definition) is 1. The van der Waals surface area contributed by atoms with Crippen molar-refractivity contribution in [1.82, 2.24) is 4.90 Å². The van der Waals surface area contributed by atoms with Crippen LogP contribution in [0, 0.1) is 20.8 Å². The summed E-state index contributed by atoms with van der Waals surface area (Å²) in [7, 11) is -3.88. The van der Waals surface area contributed by atoms with Crippen LogP contribution in [0.25, 0.3) is 0 Å². The Balaban J connectivity index is 1.82. The monoisotopic (exact) mass is 401 g/mol. The van der Waals surface area contributed by atoms with E-state index in [9.17, 15) is 13.2 Å². The molecule has 28 heavy (non-hydrogen) atoms. The van der Waals surface area contributed by atoms with Crippen LogP contribution in [0.1, 0.15) is 33.5 Å². The number of nitrogens with two attached hydrogens (primary N) is 1. The van der Waals surface area contributed by atoms with Gasteiger partial charge in [-0.3, -0.25) is 4.79 Å². The Kier molecular flexibility index (Phi) is 5.76. The zero-order valence-corrected chi connectivity index (χ0v) is 17.4. The molecule has 0 aromatic heterocycles. The van der Waals surface area contributed by atoms with Crippen LogP contribution in [-0.2, 0) is 10.0 Å². The fourth-order valence-corrected chi connectivity index (χ4v) is 4.59. The third-order valence-electron chi connectivity index (χ3n) is 5.41. The third-order valence-corrected chi connectivity index (χ3v) is 6.45. The van der Waals surface area contributed by atoms with E-state index in [0.717, 1.165) is 25.1 Å². The highest BCUT2D eigenvalue weighted by Gasteiger charge is 2.23. The van der Waals surface area contributed by atoms with Crippen molar-refractivity contribution in [3.05, 3.63) is 58.7 Å². The average molecular weight is 402 g/mol. The molecule has 0 spiro atoms. The predicted molar refractivity (Wildman–Crippen MR) is 111 cm³/mol. The van der Waals surface area contributed by atoms with Crippen molar-refractivity contribution in [3.63, 3.8) is 0 Å². The molecule has 1 aliphatic rings. The van der Waals surface area contributed by atoms with E-state index in [2.05, 4.69) is 24.0 Å². The van der Waals surface area contributed by atoms with Crippen LogP contribution >= 0.6 is 0 Å². The van der Waals surface area contributed by atoms with Gasteiger partial charge in [0.25, 0.3) is 5.91 Å². The highest BCUT2D eigenvalue weighted by Crippen LogP contribution is 2.23. The van der Waals surface area contributed by atoms with Crippen LogP contribution in [0.4, 0.5) is 5.69 Å². The first-order valence-corrected chi connectivity index (χ1v) is 11.0. The fourth-order valence-electron chi connectivity index (χ4n) is 3.71. The molecular weight excluding hydrogens is 374 g/mol. The molecule has 2 aromatic carbocycles. The third kappa shape index (κ3) is 4.20. The molecule has 1 saturated heterocycles. The van der Waals surface area contributed by atoms with Gasteiger partial charge in [0.2, 0.25) is 10.0 Å². The zero-order chi connectivity index (χ0) is 20.5. The summed E-state index contributed by atoms with van der Waals surface area (Å²) in [6, 6.07) is 11.4. The SMILES string of the molecule is Cc1ccccc1N1CCCN(C(=O)c2cc(C)c(C)c(S(N)(=O)=O)c2)CC1. The number of carbonyl (C=O) groups excluding carboxylic acids is 1. The number of aryl methyl sites for hydroxylation is 2. The van der Waals surface area contributed by atoms with Gasteiger partial charge in [-0.1, -0.05) is 18.2 Å². The number of nitrogens with zero attached hydrogens (tertiary/aromatic N) is 2. The molecule has 3 rings (SSSR count). The second-order valence-corrected chi connectivity index (χ2v) is 8.91. The molecule has 1 fully saturated rings. The largest absolute Gasteiger partial charge is 0.369 e. The summed E-state index contributed by atoms with van der Waals surface area (Å²) in [6.07, 6.45) is 0.854. The molecule has 0 atom stereocenters. The maximum Gasteiger partial charge on any atom is 0.253 e. The number of amides is 1. The molecule has 0 radical (unpaired) electrons. The summed E-state index contributed by atoms with van der Waals surface area (Å²) in [5.74, 6) is -0.153. The molecule has 1 aliphatic heterocycles. The van der Waals surface area contributed by atoms with Gasteiger partial charge in [0.05, 0.1) is 4.90 Å². The minimum Gasteiger partial charge on any atom is -0.369 e. The number of benzene rings is 2. The minimum absolute atomic E-state index is 0.0206. The molecule has 0 unspecified atom stereocenters. The van der Waals surface area contributed by atoms with Crippen molar-refractivity contribution in [1.29, 1.82) is 0 Å². The van der Waals surface area contributed by atoms with Crippen LogP contribution < -0.4 is 10.0 Å². The van der Waals surface area contributed by atoms with Crippen LogP contribution in [0.5, 0.6) is 0 Å². The van der Waals surface area contributed by atoms with E-state index in [0.29, 0.717) is 24.2 Å². The second-order valence-electron chi connectivity index (χ2n) is 7.38. The van der Waals surface area contributed by atoms with E-state index in [-0.39, 0.29) is 10.8 Å². The molecule has 0 saturated carbocycles. The normalized spacial score (nSPS) is 15.4. The van der Waals surface area contributed by atoms with Gasteiger partial charge in [-0.05, 0) is 62.1 Å². The summed E-state index contributed by atoms with van der Waals surface area (Å²) < 4.78 is 23.8. The molecular formula is C21H27N3O3S. The van der Waals surface area contributed by atoms with E-state index >= 15 is 0 Å². The quantitative estimate of drug-likeness (QED) is 0.857. The van der Waals surface area contributed by atoms with E-state index in [1.165, 1.54) is 17.3 Å². The molecule has 0 aliphatic carbocycles. The van der Waals surface area contributed by atoms with Gasteiger partial charge in [0, 0.05) is 37.4 Å². The van der Waals surface area contributed by atoms with Gasteiger partial charge in [0.15, 0.2) is 0 Å². The molecule has 0 bridgehead atoms. The van der Waals surface area contributed by atoms with Gasteiger partial charge in [-0.25, -0.2) is 13.6 Å². The number of anilines is 1. The molecule has 2 aromatic rings. The van der Waals surface area contributed by atoms with Crippen LogP contribution in [0.15, 0.2) is 41.3 Å². The van der Waals surface area contributed by atoms with Crippen molar-refractivity contribution in [2.24, 2.45) is 5.14 Å². The highest BCUT2D eigenvalue weighted by atomic mass is 32.2. The van der Waals surface area contributed by atoms with Crippen molar-refractivity contribution < 1.29 is 13.2 Å². The van der Waals surface area contributed by atoms with Crippen LogP contribution in [0.2, 0.25) is 0 Å². The average Bonchev–Trinajstić information content (AvgIpc) is 2.88. The second kappa shape index (κ2) is 7.93. The molecule has 2 N–H and O–H groups in total. The van der Waals surface area contributed by atoms with Crippen LogP contribution in [-0.4, -0.2) is 45.4 Å². The number of hydrogen-bond acceptors (Lipinski definition) is 4. The van der Waals surface area contributed by atoms with E-state index in [4.69, 9.17) is 5.14 Å². The number of primary sulfonamides is 1. The number of rotatable bonds is 3. The van der Waals surface area contributed by atoms with Crippen molar-refractivity contribution in [2.75, 3.05) is 31.1 Å². The lowest BCUT2D eigenvalue weighted by Crippen LogP contribution is -2.35. The Morgan fingerprint density at radius 3 is 2.36 bits per heavy atom. The Labute approximate surface area is 167 Å². The standard InChI is InChI=1S/C21H27N3O3S/c1-15-7-4-5-8-19(15)23-9-6-10-24(12-11-23)21(25)18-13-16(2)17(3)20(14-18)28(22,26)27/h4-5,7-8,13-14H,6,9-12H2,1-3H3,(H2,22,26,27). The first-order chi connectivity index (χ1) is 13.2. The molecule has 7 heteroatoms. The lowest BCUT2D eigenvalue weighted by Gasteiger charge is -2.25. The number of carbonyl (C=O) groups is 1. The maximum atomic E-state index is 13.1. The lowest BCUT2D eigenvalue weighted by molar-refractivity contribution is 0.0766. The Morgan fingerprint density at radius 1 is 0.964 bits per heavy atom. The van der Waals surface area contributed by atoms with E-state index < -0.39 is 10.0 Å². The van der Waals surface area contributed by atoms with Gasteiger partial charge < -0.3 is 9.80 Å². The Morgan fingerprint density at radius 2 is 1.68 bits per heavy atom. The van der Waals surface area contributed by atoms with Crippen molar-refractivity contribution in [3.8, 4) is 0 Å². The summed E-state index contributed by atoms with van der Waals surface area (Å²) in [4.78, 5) is 17.2. The summed E-state index contributed by atoms with van der Waals surface area (Å²) >= 11 is 0. The van der Waals surface area contributed by atoms with Gasteiger partial charge >= 0.3 is 0 Å². The smallest absolute Gasteiger partial charge is 0.253 e.